The number of carbonyl (C=O) groups excluding carboxylic acids is 1. The number of fused-ring (bicyclic) bond motifs is 1. The lowest BCUT2D eigenvalue weighted by atomic mass is 10.1. The van der Waals surface area contributed by atoms with Crippen LogP contribution in [0.2, 0.25) is 0 Å². The normalized spacial score (nSPS) is 11.2. The largest absolute Gasteiger partial charge is 0.321 e. The average Bonchev–Trinajstić information content (AvgIpc) is 2.60. The molecule has 3 aromatic rings. The van der Waals surface area contributed by atoms with Gasteiger partial charge >= 0.3 is 0 Å². The molecule has 0 aliphatic carbocycles. The first kappa shape index (κ1) is 16.5. The van der Waals surface area contributed by atoms with Crippen LogP contribution in [0.1, 0.15) is 5.56 Å². The third-order valence-electron chi connectivity index (χ3n) is 3.49. The Bertz CT molecular complexity index is 1060. The van der Waals surface area contributed by atoms with Gasteiger partial charge in [0.05, 0.1) is 5.69 Å². The van der Waals surface area contributed by atoms with Crippen LogP contribution in [-0.2, 0) is 4.79 Å². The number of rotatable bonds is 3. The van der Waals surface area contributed by atoms with Crippen LogP contribution in [0.5, 0.6) is 0 Å². The van der Waals surface area contributed by atoms with Crippen LogP contribution in [0, 0.1) is 17.5 Å². The van der Waals surface area contributed by atoms with Crippen molar-refractivity contribution in [1.82, 2.24) is 4.98 Å². The monoisotopic (exact) mass is 344 g/mol. The SMILES string of the molecule is O=C(/C=C/c1cc2ccccc2[nH]c1=O)Nc1ccc(F)c(F)c1F. The highest BCUT2D eigenvalue weighted by Crippen LogP contribution is 2.19. The van der Waals surface area contributed by atoms with Gasteiger partial charge < -0.3 is 10.3 Å². The number of para-hydroxylation sites is 1. The number of benzene rings is 2. The van der Waals surface area contributed by atoms with Crippen molar-refractivity contribution in [2.75, 3.05) is 5.32 Å². The molecule has 0 unspecified atom stereocenters. The number of amides is 1. The Hall–Kier alpha value is -3.35. The van der Waals surface area contributed by atoms with Crippen LogP contribution < -0.4 is 10.9 Å². The van der Waals surface area contributed by atoms with Gasteiger partial charge in [0.1, 0.15) is 0 Å². The first-order valence-corrected chi connectivity index (χ1v) is 7.20. The van der Waals surface area contributed by atoms with Crippen molar-refractivity contribution in [1.29, 1.82) is 0 Å². The van der Waals surface area contributed by atoms with E-state index in [1.54, 1.807) is 30.3 Å². The zero-order valence-corrected chi connectivity index (χ0v) is 12.6. The lowest BCUT2D eigenvalue weighted by Crippen LogP contribution is -2.12. The van der Waals surface area contributed by atoms with E-state index in [0.29, 0.717) is 11.6 Å². The highest BCUT2D eigenvalue weighted by Gasteiger charge is 2.14. The number of nitrogens with one attached hydrogen (secondary N) is 2. The van der Waals surface area contributed by atoms with E-state index in [0.717, 1.165) is 17.5 Å². The van der Waals surface area contributed by atoms with E-state index < -0.39 is 34.6 Å². The van der Waals surface area contributed by atoms with Crippen molar-refractivity contribution in [2.45, 2.75) is 0 Å². The third kappa shape index (κ3) is 3.45. The van der Waals surface area contributed by atoms with Crippen LogP contribution in [0.25, 0.3) is 17.0 Å². The van der Waals surface area contributed by atoms with Crippen LogP contribution in [-0.4, -0.2) is 10.9 Å². The molecule has 7 heteroatoms. The molecule has 2 N–H and O–H groups in total. The van der Waals surface area contributed by atoms with Crippen molar-refractivity contribution in [3.63, 3.8) is 0 Å². The maximum Gasteiger partial charge on any atom is 0.255 e. The summed E-state index contributed by atoms with van der Waals surface area (Å²) in [5.74, 6) is -5.32. The molecule has 3 rings (SSSR count). The van der Waals surface area contributed by atoms with Gasteiger partial charge in [0, 0.05) is 17.2 Å². The average molecular weight is 344 g/mol. The molecule has 0 fully saturated rings. The van der Waals surface area contributed by atoms with E-state index in [4.69, 9.17) is 0 Å². The van der Waals surface area contributed by atoms with Gasteiger partial charge in [0.25, 0.3) is 5.56 Å². The number of hydrogen-bond donors (Lipinski definition) is 2. The van der Waals surface area contributed by atoms with Crippen molar-refractivity contribution >= 4 is 28.6 Å². The topological polar surface area (TPSA) is 62.0 Å². The molecular weight excluding hydrogens is 333 g/mol. The van der Waals surface area contributed by atoms with Gasteiger partial charge in [0.15, 0.2) is 17.5 Å². The summed E-state index contributed by atoms with van der Waals surface area (Å²) in [6.07, 6.45) is 2.25. The molecule has 1 amide bonds. The smallest absolute Gasteiger partial charge is 0.255 e. The Balaban J connectivity index is 1.83. The van der Waals surface area contributed by atoms with Gasteiger partial charge in [-0.05, 0) is 35.7 Å². The zero-order chi connectivity index (χ0) is 18.0. The number of pyridine rings is 1. The quantitative estimate of drug-likeness (QED) is 0.563. The molecule has 0 aliphatic rings. The molecule has 0 saturated heterocycles. The number of anilines is 1. The maximum atomic E-state index is 13.5. The molecular formula is C18H11F3N2O2. The molecule has 0 aliphatic heterocycles. The number of H-pyrrole nitrogens is 1. The predicted octanol–water partition coefficient (Wildman–Crippen LogP) is 3.60. The summed E-state index contributed by atoms with van der Waals surface area (Å²) < 4.78 is 39.5. The molecule has 2 aromatic carbocycles. The minimum Gasteiger partial charge on any atom is -0.321 e. The molecule has 25 heavy (non-hydrogen) atoms. The van der Waals surface area contributed by atoms with Gasteiger partial charge in [-0.15, -0.1) is 0 Å². The fourth-order valence-corrected chi connectivity index (χ4v) is 2.25. The second-order valence-corrected chi connectivity index (χ2v) is 5.19. The Morgan fingerprint density at radius 2 is 1.80 bits per heavy atom. The van der Waals surface area contributed by atoms with E-state index in [-0.39, 0.29) is 5.56 Å². The first-order chi connectivity index (χ1) is 12.0. The minimum atomic E-state index is -1.67. The number of halogens is 3. The molecule has 0 radical (unpaired) electrons. The van der Waals surface area contributed by atoms with Gasteiger partial charge in [0.2, 0.25) is 5.91 Å². The fraction of sp³-hybridized carbons (Fsp3) is 0. The number of aromatic nitrogens is 1. The predicted molar refractivity (Wildman–Crippen MR) is 88.5 cm³/mol. The summed E-state index contributed by atoms with van der Waals surface area (Å²) in [5, 5.41) is 2.86. The Morgan fingerprint density at radius 3 is 2.60 bits per heavy atom. The van der Waals surface area contributed by atoms with Gasteiger partial charge in [-0.1, -0.05) is 18.2 Å². The van der Waals surface area contributed by atoms with E-state index in [1.165, 1.54) is 6.08 Å². The van der Waals surface area contributed by atoms with Gasteiger partial charge in [-0.3, -0.25) is 9.59 Å². The molecule has 0 bridgehead atoms. The van der Waals surface area contributed by atoms with E-state index in [1.807, 2.05) is 0 Å². The summed E-state index contributed by atoms with van der Waals surface area (Å²) >= 11 is 0. The molecule has 4 nitrogen and oxygen atoms in total. The highest BCUT2D eigenvalue weighted by molar-refractivity contribution is 6.02. The second kappa shape index (κ2) is 6.64. The van der Waals surface area contributed by atoms with Crippen LogP contribution in [0.3, 0.4) is 0 Å². The highest BCUT2D eigenvalue weighted by atomic mass is 19.2. The summed E-state index contributed by atoms with van der Waals surface area (Å²) in [7, 11) is 0. The van der Waals surface area contributed by atoms with Crippen molar-refractivity contribution < 1.29 is 18.0 Å². The lowest BCUT2D eigenvalue weighted by molar-refractivity contribution is -0.111. The minimum absolute atomic E-state index is 0.222. The fourth-order valence-electron chi connectivity index (χ4n) is 2.25. The van der Waals surface area contributed by atoms with Gasteiger partial charge in [-0.25, -0.2) is 13.2 Å². The zero-order valence-electron chi connectivity index (χ0n) is 12.6. The summed E-state index contributed by atoms with van der Waals surface area (Å²) in [5.41, 5.74) is -0.0275. The summed E-state index contributed by atoms with van der Waals surface area (Å²) in [6, 6.07) is 10.3. The Labute approximate surface area is 139 Å². The number of hydrogen-bond acceptors (Lipinski definition) is 2. The molecule has 1 aromatic heterocycles. The van der Waals surface area contributed by atoms with Crippen molar-refractivity contribution in [2.24, 2.45) is 0 Å². The number of aromatic amines is 1. The van der Waals surface area contributed by atoms with Gasteiger partial charge in [-0.2, -0.15) is 0 Å². The van der Waals surface area contributed by atoms with Crippen LogP contribution >= 0.6 is 0 Å². The summed E-state index contributed by atoms with van der Waals surface area (Å²) in [6.45, 7) is 0. The molecule has 0 spiro atoms. The van der Waals surface area contributed by atoms with Crippen LogP contribution in [0.4, 0.5) is 18.9 Å². The Morgan fingerprint density at radius 1 is 1.04 bits per heavy atom. The van der Waals surface area contributed by atoms with E-state index in [9.17, 15) is 22.8 Å². The van der Waals surface area contributed by atoms with Crippen molar-refractivity contribution in [3.05, 3.63) is 81.9 Å². The second-order valence-electron chi connectivity index (χ2n) is 5.19. The maximum absolute atomic E-state index is 13.5. The number of carbonyl (C=O) groups is 1. The first-order valence-electron chi connectivity index (χ1n) is 7.20. The molecule has 126 valence electrons. The molecule has 0 saturated carbocycles. The van der Waals surface area contributed by atoms with Crippen molar-refractivity contribution in [3.8, 4) is 0 Å². The van der Waals surface area contributed by atoms with E-state index in [2.05, 4.69) is 10.3 Å². The third-order valence-corrected chi connectivity index (χ3v) is 3.49. The molecule has 1 heterocycles. The van der Waals surface area contributed by atoms with E-state index >= 15 is 0 Å². The van der Waals surface area contributed by atoms with Crippen LogP contribution in [0.15, 0.2) is 53.3 Å². The lowest BCUT2D eigenvalue weighted by Gasteiger charge is -2.05. The standard InChI is InChI=1S/C18H11F3N2O2/c19-12-6-7-14(17(21)16(12)20)22-15(24)8-5-11-9-10-3-1-2-4-13(10)23-18(11)25/h1-9H,(H,22,24)(H,23,25)/b8-5+. The molecule has 0 atom stereocenters. The summed E-state index contributed by atoms with van der Waals surface area (Å²) in [4.78, 5) is 26.4. The Kier molecular flexibility index (Phi) is 4.38.